The molecule has 0 radical (unpaired) electrons. The number of hydrogen-bond donors (Lipinski definition) is 2. The number of fused-ring (bicyclic) bond motifs is 1. The van der Waals surface area contributed by atoms with E-state index in [9.17, 15) is 9.59 Å². The standard InChI is InChI=1S/C20H26N4O3/c1-27-15-6-7-16-17(11-15)23-18(22-16)8-9-21-20(26)13-10-19(25)24(12-13)14-4-2-3-5-14/h6-7,11,13-14H,2-5,8-10,12H2,1H3,(H,21,26)(H,22,23). The number of aromatic amines is 1. The molecule has 7 nitrogen and oxygen atoms in total. The molecule has 1 saturated carbocycles. The van der Waals surface area contributed by atoms with Crippen LogP contribution in [0.4, 0.5) is 0 Å². The lowest BCUT2D eigenvalue weighted by Gasteiger charge is -2.23. The van der Waals surface area contributed by atoms with Crippen molar-refractivity contribution in [1.82, 2.24) is 20.2 Å². The highest BCUT2D eigenvalue weighted by Crippen LogP contribution is 2.29. The van der Waals surface area contributed by atoms with Gasteiger partial charge in [-0.3, -0.25) is 9.59 Å². The number of hydrogen-bond acceptors (Lipinski definition) is 4. The van der Waals surface area contributed by atoms with Crippen molar-refractivity contribution in [3.8, 4) is 5.75 Å². The van der Waals surface area contributed by atoms with Gasteiger partial charge in [-0.1, -0.05) is 12.8 Å². The minimum Gasteiger partial charge on any atom is -0.497 e. The van der Waals surface area contributed by atoms with Crippen molar-refractivity contribution in [1.29, 1.82) is 0 Å². The van der Waals surface area contributed by atoms with Crippen LogP contribution in [0.25, 0.3) is 11.0 Å². The lowest BCUT2D eigenvalue weighted by atomic mass is 10.1. The molecule has 2 amide bonds. The molecular weight excluding hydrogens is 344 g/mol. The molecule has 2 aliphatic rings. The van der Waals surface area contributed by atoms with Crippen molar-refractivity contribution in [3.63, 3.8) is 0 Å². The SMILES string of the molecule is COc1ccc2nc(CCNC(=O)C3CC(=O)N(C4CCCC4)C3)[nH]c2c1. The molecule has 7 heteroatoms. The van der Waals surface area contributed by atoms with Crippen molar-refractivity contribution >= 4 is 22.8 Å². The van der Waals surface area contributed by atoms with Crippen LogP contribution in [-0.4, -0.2) is 52.9 Å². The minimum atomic E-state index is -0.224. The van der Waals surface area contributed by atoms with Gasteiger partial charge in [0.25, 0.3) is 0 Å². The van der Waals surface area contributed by atoms with Crippen molar-refractivity contribution in [3.05, 3.63) is 24.0 Å². The Hall–Kier alpha value is -2.57. The lowest BCUT2D eigenvalue weighted by molar-refractivity contribution is -0.130. The first-order valence-corrected chi connectivity index (χ1v) is 9.74. The van der Waals surface area contributed by atoms with Crippen molar-refractivity contribution in [2.45, 2.75) is 44.6 Å². The average Bonchev–Trinajstić information content (AvgIpc) is 3.39. The largest absolute Gasteiger partial charge is 0.497 e. The number of nitrogens with zero attached hydrogens (tertiary/aromatic N) is 2. The number of carbonyl (C=O) groups excluding carboxylic acids is 2. The molecule has 2 heterocycles. The van der Waals surface area contributed by atoms with E-state index in [2.05, 4.69) is 15.3 Å². The molecule has 2 aromatic rings. The molecule has 1 aromatic carbocycles. The molecule has 1 aliphatic carbocycles. The van der Waals surface area contributed by atoms with Crippen LogP contribution in [0.15, 0.2) is 18.2 Å². The molecule has 1 atom stereocenters. The van der Waals surface area contributed by atoms with E-state index in [0.717, 1.165) is 35.4 Å². The third-order valence-electron chi connectivity index (χ3n) is 5.69. The Morgan fingerprint density at radius 2 is 2.19 bits per heavy atom. The zero-order valence-corrected chi connectivity index (χ0v) is 15.7. The second-order valence-corrected chi connectivity index (χ2v) is 7.49. The number of nitrogens with one attached hydrogen (secondary N) is 2. The van der Waals surface area contributed by atoms with Crippen LogP contribution in [0, 0.1) is 5.92 Å². The number of likely N-dealkylation sites (tertiary alicyclic amines) is 1. The fourth-order valence-corrected chi connectivity index (χ4v) is 4.21. The number of benzene rings is 1. The molecule has 1 aromatic heterocycles. The van der Waals surface area contributed by atoms with Gasteiger partial charge in [-0.05, 0) is 25.0 Å². The summed E-state index contributed by atoms with van der Waals surface area (Å²) in [4.78, 5) is 34.4. The molecule has 0 spiro atoms. The van der Waals surface area contributed by atoms with Crippen molar-refractivity contribution < 1.29 is 14.3 Å². The Morgan fingerprint density at radius 1 is 1.37 bits per heavy atom. The van der Waals surface area contributed by atoms with Gasteiger partial charge in [-0.25, -0.2) is 4.98 Å². The van der Waals surface area contributed by atoms with Gasteiger partial charge in [0, 0.05) is 38.0 Å². The maximum absolute atomic E-state index is 12.5. The number of H-pyrrole nitrogens is 1. The molecule has 27 heavy (non-hydrogen) atoms. The van der Waals surface area contributed by atoms with E-state index in [1.807, 2.05) is 23.1 Å². The summed E-state index contributed by atoms with van der Waals surface area (Å²) in [6.07, 6.45) is 5.50. The molecule has 0 bridgehead atoms. The summed E-state index contributed by atoms with van der Waals surface area (Å²) in [6.45, 7) is 1.07. The van der Waals surface area contributed by atoms with Crippen molar-refractivity contribution in [2.24, 2.45) is 5.92 Å². The fourth-order valence-electron chi connectivity index (χ4n) is 4.21. The molecule has 2 fully saturated rings. The Morgan fingerprint density at radius 3 is 2.96 bits per heavy atom. The first-order chi connectivity index (χ1) is 13.1. The first kappa shape index (κ1) is 17.8. The third kappa shape index (κ3) is 3.77. The van der Waals surface area contributed by atoms with E-state index in [4.69, 9.17) is 4.74 Å². The normalized spacial score (nSPS) is 20.6. The highest BCUT2D eigenvalue weighted by Gasteiger charge is 2.38. The number of amides is 2. The van der Waals surface area contributed by atoms with Crippen LogP contribution >= 0.6 is 0 Å². The quantitative estimate of drug-likeness (QED) is 0.814. The number of imidazole rings is 1. The van der Waals surface area contributed by atoms with Gasteiger partial charge in [0.1, 0.15) is 11.6 Å². The highest BCUT2D eigenvalue weighted by molar-refractivity contribution is 5.89. The van der Waals surface area contributed by atoms with Crippen LogP contribution < -0.4 is 10.1 Å². The third-order valence-corrected chi connectivity index (χ3v) is 5.69. The average molecular weight is 370 g/mol. The van der Waals surface area contributed by atoms with E-state index < -0.39 is 0 Å². The summed E-state index contributed by atoms with van der Waals surface area (Å²) in [7, 11) is 1.63. The van der Waals surface area contributed by atoms with Crippen LogP contribution in [0.1, 0.15) is 37.9 Å². The van der Waals surface area contributed by atoms with E-state index >= 15 is 0 Å². The van der Waals surface area contributed by atoms with Crippen LogP contribution in [-0.2, 0) is 16.0 Å². The lowest BCUT2D eigenvalue weighted by Crippen LogP contribution is -2.37. The molecule has 1 aliphatic heterocycles. The maximum Gasteiger partial charge on any atom is 0.225 e. The molecule has 2 N–H and O–H groups in total. The molecule has 144 valence electrons. The maximum atomic E-state index is 12.5. The van der Waals surface area contributed by atoms with Gasteiger partial charge in [0.2, 0.25) is 11.8 Å². The Balaban J connectivity index is 1.29. The fraction of sp³-hybridized carbons (Fsp3) is 0.550. The molecule has 1 saturated heterocycles. The topological polar surface area (TPSA) is 87.3 Å². The molecule has 4 rings (SSSR count). The van der Waals surface area contributed by atoms with Gasteiger partial charge in [-0.15, -0.1) is 0 Å². The van der Waals surface area contributed by atoms with E-state index in [1.165, 1.54) is 12.8 Å². The van der Waals surface area contributed by atoms with Gasteiger partial charge < -0.3 is 19.9 Å². The predicted octanol–water partition coefficient (Wildman–Crippen LogP) is 2.02. The van der Waals surface area contributed by atoms with E-state index in [0.29, 0.717) is 32.0 Å². The van der Waals surface area contributed by atoms with Gasteiger partial charge >= 0.3 is 0 Å². The van der Waals surface area contributed by atoms with E-state index in [-0.39, 0.29) is 17.7 Å². The number of rotatable bonds is 6. The number of methoxy groups -OCH3 is 1. The highest BCUT2D eigenvalue weighted by atomic mass is 16.5. The summed E-state index contributed by atoms with van der Waals surface area (Å²) in [5.74, 6) is 1.49. The number of aromatic nitrogens is 2. The second kappa shape index (κ2) is 7.58. The summed E-state index contributed by atoms with van der Waals surface area (Å²) in [6, 6.07) is 6.05. The second-order valence-electron chi connectivity index (χ2n) is 7.49. The molecular formula is C20H26N4O3. The zero-order chi connectivity index (χ0) is 18.8. The number of ether oxygens (including phenoxy) is 1. The van der Waals surface area contributed by atoms with Crippen LogP contribution in [0.5, 0.6) is 5.75 Å². The number of carbonyl (C=O) groups is 2. The Kier molecular flexibility index (Phi) is 5.01. The van der Waals surface area contributed by atoms with Crippen LogP contribution in [0.2, 0.25) is 0 Å². The zero-order valence-electron chi connectivity index (χ0n) is 15.7. The molecule has 1 unspecified atom stereocenters. The summed E-state index contributed by atoms with van der Waals surface area (Å²) in [5.41, 5.74) is 1.80. The monoisotopic (exact) mass is 370 g/mol. The van der Waals surface area contributed by atoms with Crippen molar-refractivity contribution in [2.75, 3.05) is 20.2 Å². The Bertz CT molecular complexity index is 841. The summed E-state index contributed by atoms with van der Waals surface area (Å²) in [5, 5.41) is 2.97. The smallest absolute Gasteiger partial charge is 0.225 e. The first-order valence-electron chi connectivity index (χ1n) is 9.74. The van der Waals surface area contributed by atoms with Gasteiger partial charge in [-0.2, -0.15) is 0 Å². The minimum absolute atomic E-state index is 0.0263. The van der Waals surface area contributed by atoms with Gasteiger partial charge in [0.15, 0.2) is 0 Å². The van der Waals surface area contributed by atoms with E-state index in [1.54, 1.807) is 7.11 Å². The van der Waals surface area contributed by atoms with Crippen LogP contribution in [0.3, 0.4) is 0 Å². The van der Waals surface area contributed by atoms with Gasteiger partial charge in [0.05, 0.1) is 24.1 Å². The predicted molar refractivity (Wildman–Crippen MR) is 101 cm³/mol. The summed E-state index contributed by atoms with van der Waals surface area (Å²) < 4.78 is 5.22. The summed E-state index contributed by atoms with van der Waals surface area (Å²) >= 11 is 0. The Labute approximate surface area is 158 Å².